The molecule has 0 bridgehead atoms. The minimum Gasteiger partial charge on any atom is -0.481 e. The van der Waals surface area contributed by atoms with Crippen LogP contribution in [0.4, 0.5) is 0 Å². The molecule has 1 aliphatic rings. The summed E-state index contributed by atoms with van der Waals surface area (Å²) in [4.78, 5) is 15.0. The molecule has 0 aromatic carbocycles. The highest BCUT2D eigenvalue weighted by Crippen LogP contribution is 2.41. The normalized spacial score (nSPS) is 18.2. The second-order valence-corrected chi connectivity index (χ2v) is 3.41. The van der Waals surface area contributed by atoms with Crippen molar-refractivity contribution in [2.75, 3.05) is 0 Å². The molecule has 1 atom stereocenters. The fourth-order valence-electron chi connectivity index (χ4n) is 1.56. The molecule has 1 N–H and O–H groups in total. The van der Waals surface area contributed by atoms with Crippen LogP contribution >= 0.6 is 0 Å². The van der Waals surface area contributed by atoms with E-state index in [1.807, 2.05) is 6.07 Å². The van der Waals surface area contributed by atoms with Crippen molar-refractivity contribution in [1.82, 2.24) is 4.98 Å². The molecular formula is C10H11NO2. The van der Waals surface area contributed by atoms with Crippen molar-refractivity contribution in [1.29, 1.82) is 0 Å². The predicted molar refractivity (Wildman–Crippen MR) is 47.3 cm³/mol. The van der Waals surface area contributed by atoms with Crippen molar-refractivity contribution in [3.63, 3.8) is 0 Å². The smallest absolute Gasteiger partial charge is 0.312 e. The van der Waals surface area contributed by atoms with Gasteiger partial charge in [0.1, 0.15) is 5.92 Å². The zero-order chi connectivity index (χ0) is 9.26. The number of carbonyl (C=O) groups is 1. The van der Waals surface area contributed by atoms with Crippen LogP contribution in [0.1, 0.15) is 24.5 Å². The Kier molecular flexibility index (Phi) is 2.00. The molecule has 1 aliphatic carbocycles. The lowest BCUT2D eigenvalue weighted by Gasteiger charge is -2.09. The van der Waals surface area contributed by atoms with Gasteiger partial charge >= 0.3 is 5.97 Å². The van der Waals surface area contributed by atoms with Crippen molar-refractivity contribution in [2.45, 2.75) is 18.8 Å². The molecule has 1 aromatic rings. The second-order valence-electron chi connectivity index (χ2n) is 3.41. The van der Waals surface area contributed by atoms with Gasteiger partial charge in [0, 0.05) is 6.20 Å². The van der Waals surface area contributed by atoms with Gasteiger partial charge in [0.25, 0.3) is 0 Å². The largest absolute Gasteiger partial charge is 0.481 e. The van der Waals surface area contributed by atoms with E-state index in [1.165, 1.54) is 0 Å². The van der Waals surface area contributed by atoms with Crippen molar-refractivity contribution in [3.8, 4) is 0 Å². The van der Waals surface area contributed by atoms with Crippen LogP contribution in [0.2, 0.25) is 0 Å². The van der Waals surface area contributed by atoms with E-state index in [2.05, 4.69) is 4.98 Å². The van der Waals surface area contributed by atoms with Crippen LogP contribution < -0.4 is 0 Å². The van der Waals surface area contributed by atoms with Gasteiger partial charge in [-0.25, -0.2) is 0 Å². The summed E-state index contributed by atoms with van der Waals surface area (Å²) in [5, 5.41) is 9.00. The molecule has 13 heavy (non-hydrogen) atoms. The molecule has 1 aromatic heterocycles. The molecular weight excluding hydrogens is 166 g/mol. The molecule has 0 saturated heterocycles. The average Bonchev–Trinajstić information content (AvgIpc) is 2.90. The van der Waals surface area contributed by atoms with E-state index in [9.17, 15) is 4.79 Å². The van der Waals surface area contributed by atoms with Crippen molar-refractivity contribution in [2.24, 2.45) is 5.92 Å². The molecule has 0 aliphatic heterocycles. The van der Waals surface area contributed by atoms with Gasteiger partial charge < -0.3 is 5.11 Å². The van der Waals surface area contributed by atoms with Crippen LogP contribution in [-0.2, 0) is 4.79 Å². The number of hydrogen-bond acceptors (Lipinski definition) is 2. The van der Waals surface area contributed by atoms with E-state index >= 15 is 0 Å². The number of carboxylic acids is 1. The van der Waals surface area contributed by atoms with Crippen LogP contribution in [0, 0.1) is 5.92 Å². The Morgan fingerprint density at radius 2 is 2.31 bits per heavy atom. The summed E-state index contributed by atoms with van der Waals surface area (Å²) in [6.07, 6.45) is 3.69. The lowest BCUT2D eigenvalue weighted by atomic mass is 9.99. The summed E-state index contributed by atoms with van der Waals surface area (Å²) < 4.78 is 0. The maximum Gasteiger partial charge on any atom is 0.312 e. The maximum absolute atomic E-state index is 10.9. The van der Waals surface area contributed by atoms with E-state index < -0.39 is 5.97 Å². The van der Waals surface area contributed by atoms with Crippen molar-refractivity contribution in [3.05, 3.63) is 30.1 Å². The molecule has 3 nitrogen and oxygen atoms in total. The molecule has 0 unspecified atom stereocenters. The number of carboxylic acid groups (broad SMARTS) is 1. The van der Waals surface area contributed by atoms with Gasteiger partial charge in [-0.15, -0.1) is 0 Å². The highest BCUT2D eigenvalue weighted by molar-refractivity contribution is 5.76. The van der Waals surface area contributed by atoms with Gasteiger partial charge in [0.05, 0.1) is 5.69 Å². The third-order valence-electron chi connectivity index (χ3n) is 2.37. The number of aliphatic carboxylic acids is 1. The standard InChI is InChI=1S/C10H11NO2/c12-10(13)9(7-4-5-7)8-3-1-2-6-11-8/h1-3,6-7,9H,4-5H2,(H,12,13)/t9-/m0/s1. The SMILES string of the molecule is O=C(O)[C@H](c1ccccn1)C1CC1. The zero-order valence-electron chi connectivity index (χ0n) is 7.18. The lowest BCUT2D eigenvalue weighted by molar-refractivity contribution is -0.139. The van der Waals surface area contributed by atoms with Gasteiger partial charge in [-0.05, 0) is 30.9 Å². The Morgan fingerprint density at radius 3 is 2.77 bits per heavy atom. The van der Waals surface area contributed by atoms with Gasteiger partial charge in [0.15, 0.2) is 0 Å². The Labute approximate surface area is 76.4 Å². The summed E-state index contributed by atoms with van der Waals surface area (Å²) in [5.41, 5.74) is 0.692. The van der Waals surface area contributed by atoms with E-state index in [0.717, 1.165) is 12.8 Å². The third-order valence-corrected chi connectivity index (χ3v) is 2.37. The van der Waals surface area contributed by atoms with E-state index in [4.69, 9.17) is 5.11 Å². The minimum atomic E-state index is -0.749. The first-order chi connectivity index (χ1) is 6.29. The Bertz CT molecular complexity index is 306. The molecule has 0 spiro atoms. The van der Waals surface area contributed by atoms with Gasteiger partial charge in [-0.2, -0.15) is 0 Å². The fraction of sp³-hybridized carbons (Fsp3) is 0.400. The second kappa shape index (κ2) is 3.17. The first-order valence-corrected chi connectivity index (χ1v) is 4.43. The third kappa shape index (κ3) is 1.69. The number of rotatable bonds is 3. The number of pyridine rings is 1. The van der Waals surface area contributed by atoms with Crippen molar-refractivity contribution >= 4 is 5.97 Å². The Balaban J connectivity index is 2.25. The first-order valence-electron chi connectivity index (χ1n) is 4.43. The van der Waals surface area contributed by atoms with E-state index in [-0.39, 0.29) is 5.92 Å². The highest BCUT2D eigenvalue weighted by Gasteiger charge is 2.37. The molecule has 2 rings (SSSR count). The summed E-state index contributed by atoms with van der Waals surface area (Å²) in [7, 11) is 0. The summed E-state index contributed by atoms with van der Waals surface area (Å²) in [5.74, 6) is -0.824. The van der Waals surface area contributed by atoms with Crippen LogP contribution in [-0.4, -0.2) is 16.1 Å². The van der Waals surface area contributed by atoms with Crippen LogP contribution in [0.25, 0.3) is 0 Å². The van der Waals surface area contributed by atoms with Crippen LogP contribution in [0.5, 0.6) is 0 Å². The van der Waals surface area contributed by atoms with Crippen LogP contribution in [0.15, 0.2) is 24.4 Å². The number of nitrogens with zero attached hydrogens (tertiary/aromatic N) is 1. The summed E-state index contributed by atoms with van der Waals surface area (Å²) in [6, 6.07) is 5.42. The molecule has 1 heterocycles. The average molecular weight is 177 g/mol. The molecule has 0 radical (unpaired) electrons. The monoisotopic (exact) mass is 177 g/mol. The van der Waals surface area contributed by atoms with Gasteiger partial charge in [-0.1, -0.05) is 6.07 Å². The Hall–Kier alpha value is -1.38. The minimum absolute atomic E-state index is 0.312. The highest BCUT2D eigenvalue weighted by atomic mass is 16.4. The van der Waals surface area contributed by atoms with Gasteiger partial charge in [0.2, 0.25) is 0 Å². The maximum atomic E-state index is 10.9. The quantitative estimate of drug-likeness (QED) is 0.763. The molecule has 1 saturated carbocycles. The number of hydrogen-bond donors (Lipinski definition) is 1. The topological polar surface area (TPSA) is 50.2 Å². The van der Waals surface area contributed by atoms with Gasteiger partial charge in [-0.3, -0.25) is 9.78 Å². The van der Waals surface area contributed by atoms with E-state index in [0.29, 0.717) is 11.6 Å². The zero-order valence-corrected chi connectivity index (χ0v) is 7.18. The molecule has 68 valence electrons. The van der Waals surface area contributed by atoms with Crippen LogP contribution in [0.3, 0.4) is 0 Å². The molecule has 3 heteroatoms. The number of aromatic nitrogens is 1. The molecule has 0 amide bonds. The fourth-order valence-corrected chi connectivity index (χ4v) is 1.56. The summed E-state index contributed by atoms with van der Waals surface area (Å²) >= 11 is 0. The summed E-state index contributed by atoms with van der Waals surface area (Å²) in [6.45, 7) is 0. The Morgan fingerprint density at radius 1 is 1.54 bits per heavy atom. The van der Waals surface area contributed by atoms with E-state index in [1.54, 1.807) is 18.3 Å². The lowest BCUT2D eigenvalue weighted by Crippen LogP contribution is -2.14. The first kappa shape index (κ1) is 8.23. The molecule has 1 fully saturated rings. The predicted octanol–water partition coefficient (Wildman–Crippen LogP) is 1.66. The van der Waals surface area contributed by atoms with Crippen molar-refractivity contribution < 1.29 is 9.90 Å².